The summed E-state index contributed by atoms with van der Waals surface area (Å²) in [5, 5.41) is 5.11. The van der Waals surface area contributed by atoms with Crippen molar-refractivity contribution in [1.82, 2.24) is 9.47 Å². The summed E-state index contributed by atoms with van der Waals surface area (Å²) in [5.74, 6) is 1.35. The number of benzene rings is 6. The fourth-order valence-corrected chi connectivity index (χ4v) is 12.3. The second kappa shape index (κ2) is 15.6. The standard InChI is InChI=1S/C62H53N3/c1-2-64-60(41-18-5-3-6-19-41)39-57(63-62(64)42-20-7-4-8-21-42)56-36-44-23-10-9-22-43(44)35-55(56)54-38-47-33-45-29-31-48(34-46(45)37-53(47)50-25-13-14-26-51(50)54)65-58-28-16-15-27-52(58)61-49-24-12-11-17-40(49)30-32-59(61)65/h3,5-7,9-14,16-20,22-26,28-37,39-40,42,49,54,62H,2,4,8,15,21,27,38H2,1H3. The van der Waals surface area contributed by atoms with Crippen molar-refractivity contribution in [3.8, 4) is 16.8 Å². The molecule has 6 aliphatic rings. The van der Waals surface area contributed by atoms with E-state index in [9.17, 15) is 0 Å². The van der Waals surface area contributed by atoms with Crippen LogP contribution in [-0.4, -0.2) is 27.9 Å². The van der Waals surface area contributed by atoms with Gasteiger partial charge < -0.3 is 9.47 Å². The molecule has 2 heterocycles. The molecule has 0 N–H and O–H groups in total. The third-order valence-electron chi connectivity index (χ3n) is 15.4. The van der Waals surface area contributed by atoms with E-state index in [0.717, 1.165) is 44.4 Å². The SMILES string of the molecule is CCN1C(c2ccccc2)=CC(c2cc3ccccc3cc2C2Cc3cc4ccc(-n5c6c(c7c5C=CC5C=CC=CC75)CCC=C6)cc4cc3-c3ccccc32)=NC1C1C=CCCC1. The van der Waals surface area contributed by atoms with Crippen LogP contribution in [0.25, 0.3) is 56.2 Å². The molecule has 0 saturated carbocycles. The van der Waals surface area contributed by atoms with Crippen molar-refractivity contribution >= 4 is 45.1 Å². The molecule has 1 aliphatic heterocycles. The molecule has 0 radical (unpaired) electrons. The van der Waals surface area contributed by atoms with E-state index in [1.54, 1.807) is 0 Å². The van der Waals surface area contributed by atoms with Gasteiger partial charge in [-0.2, -0.15) is 0 Å². The van der Waals surface area contributed by atoms with Crippen LogP contribution in [0.2, 0.25) is 0 Å². The molecule has 1 aromatic heterocycles. The minimum absolute atomic E-state index is 0.0365. The predicted octanol–water partition coefficient (Wildman–Crippen LogP) is 14.8. The van der Waals surface area contributed by atoms with Crippen LogP contribution in [0.15, 0.2) is 181 Å². The summed E-state index contributed by atoms with van der Waals surface area (Å²) in [5.41, 5.74) is 18.7. The molecule has 65 heavy (non-hydrogen) atoms. The first kappa shape index (κ1) is 38.5. The lowest BCUT2D eigenvalue weighted by Gasteiger charge is -2.40. The molecule has 0 bridgehead atoms. The van der Waals surface area contributed by atoms with E-state index in [1.807, 2.05) is 0 Å². The van der Waals surface area contributed by atoms with Crippen LogP contribution < -0.4 is 0 Å². The lowest BCUT2D eigenvalue weighted by Crippen LogP contribution is -2.41. The smallest absolute Gasteiger partial charge is 0.128 e. The van der Waals surface area contributed by atoms with E-state index in [1.165, 1.54) is 101 Å². The van der Waals surface area contributed by atoms with Crippen LogP contribution in [0.3, 0.4) is 0 Å². The van der Waals surface area contributed by atoms with Gasteiger partial charge in [0, 0.05) is 52.9 Å². The molecule has 3 nitrogen and oxygen atoms in total. The highest BCUT2D eigenvalue weighted by molar-refractivity contribution is 6.15. The Morgan fingerprint density at radius 1 is 0.646 bits per heavy atom. The molecule has 5 aliphatic carbocycles. The maximum Gasteiger partial charge on any atom is 0.128 e. The number of rotatable bonds is 6. The van der Waals surface area contributed by atoms with Gasteiger partial charge in [0.1, 0.15) is 6.17 Å². The summed E-state index contributed by atoms with van der Waals surface area (Å²) in [7, 11) is 0. The zero-order valence-corrected chi connectivity index (χ0v) is 37.1. The number of hydrogen-bond donors (Lipinski definition) is 0. The molecule has 0 spiro atoms. The number of hydrogen-bond acceptors (Lipinski definition) is 2. The maximum absolute atomic E-state index is 5.81. The van der Waals surface area contributed by atoms with Gasteiger partial charge in [0.25, 0.3) is 0 Å². The molecule has 0 amide bonds. The largest absolute Gasteiger partial charge is 0.349 e. The van der Waals surface area contributed by atoms with E-state index < -0.39 is 0 Å². The highest BCUT2D eigenvalue weighted by atomic mass is 15.3. The maximum atomic E-state index is 5.81. The van der Waals surface area contributed by atoms with E-state index in [-0.39, 0.29) is 12.1 Å². The first-order valence-corrected chi connectivity index (χ1v) is 24.1. The van der Waals surface area contributed by atoms with E-state index in [2.05, 4.69) is 205 Å². The number of aliphatic imine (C=N–C) groups is 1. The van der Waals surface area contributed by atoms with Crippen LogP contribution in [0.5, 0.6) is 0 Å². The van der Waals surface area contributed by atoms with Gasteiger partial charge in [-0.25, -0.2) is 0 Å². The van der Waals surface area contributed by atoms with Crippen LogP contribution in [0.1, 0.15) is 94.8 Å². The van der Waals surface area contributed by atoms with Gasteiger partial charge in [-0.15, -0.1) is 0 Å². The summed E-state index contributed by atoms with van der Waals surface area (Å²) in [6.07, 6.45) is 32.7. The minimum atomic E-state index is 0.0365. The van der Waals surface area contributed by atoms with Crippen molar-refractivity contribution < 1.29 is 0 Å². The van der Waals surface area contributed by atoms with Crippen molar-refractivity contribution in [2.45, 2.75) is 63.5 Å². The number of allylic oxidation sites excluding steroid dienone is 8. The molecule has 6 aromatic carbocycles. The number of fused-ring (bicyclic) bond motifs is 10. The molecule has 3 heteroatoms. The topological polar surface area (TPSA) is 20.5 Å². The molecule has 7 aromatic rings. The summed E-state index contributed by atoms with van der Waals surface area (Å²) >= 11 is 0. The summed E-state index contributed by atoms with van der Waals surface area (Å²) in [4.78, 5) is 8.36. The Labute approximate surface area is 382 Å². The van der Waals surface area contributed by atoms with Gasteiger partial charge in [-0.1, -0.05) is 140 Å². The summed E-state index contributed by atoms with van der Waals surface area (Å²) in [6, 6.07) is 46.2. The zero-order valence-electron chi connectivity index (χ0n) is 37.1. The highest BCUT2D eigenvalue weighted by Crippen LogP contribution is 2.48. The van der Waals surface area contributed by atoms with Gasteiger partial charge in [0.2, 0.25) is 0 Å². The molecule has 5 unspecified atom stereocenters. The van der Waals surface area contributed by atoms with Gasteiger partial charge in [0.15, 0.2) is 0 Å². The molecular formula is C62H53N3. The Morgan fingerprint density at radius 3 is 2.34 bits per heavy atom. The van der Waals surface area contributed by atoms with Crippen LogP contribution >= 0.6 is 0 Å². The van der Waals surface area contributed by atoms with Crippen molar-refractivity contribution in [2.24, 2.45) is 16.8 Å². The van der Waals surface area contributed by atoms with E-state index >= 15 is 0 Å². The van der Waals surface area contributed by atoms with Crippen LogP contribution in [0, 0.1) is 11.8 Å². The van der Waals surface area contributed by atoms with Gasteiger partial charge >= 0.3 is 0 Å². The third kappa shape index (κ3) is 6.34. The highest BCUT2D eigenvalue weighted by Gasteiger charge is 2.35. The quantitative estimate of drug-likeness (QED) is 0.153. The lowest BCUT2D eigenvalue weighted by molar-refractivity contribution is 0.241. The van der Waals surface area contributed by atoms with Crippen molar-refractivity contribution in [3.05, 3.63) is 226 Å². The first-order valence-electron chi connectivity index (χ1n) is 24.1. The van der Waals surface area contributed by atoms with Gasteiger partial charge in [-0.05, 0) is 160 Å². The van der Waals surface area contributed by atoms with Crippen LogP contribution in [0.4, 0.5) is 0 Å². The molecule has 0 saturated heterocycles. The molecular weight excluding hydrogens is 787 g/mol. The fourth-order valence-electron chi connectivity index (χ4n) is 12.3. The third-order valence-corrected chi connectivity index (χ3v) is 15.4. The Kier molecular flexibility index (Phi) is 9.25. The Morgan fingerprint density at radius 2 is 1.46 bits per heavy atom. The monoisotopic (exact) mass is 839 g/mol. The second-order valence-corrected chi connectivity index (χ2v) is 19.0. The number of aromatic nitrogens is 1. The van der Waals surface area contributed by atoms with Crippen molar-refractivity contribution in [1.29, 1.82) is 0 Å². The van der Waals surface area contributed by atoms with E-state index in [0.29, 0.717) is 17.8 Å². The predicted molar refractivity (Wildman–Crippen MR) is 273 cm³/mol. The lowest BCUT2D eigenvalue weighted by atomic mass is 9.73. The number of nitrogens with zero attached hydrogens (tertiary/aromatic N) is 3. The van der Waals surface area contributed by atoms with Crippen molar-refractivity contribution in [3.63, 3.8) is 0 Å². The Balaban J connectivity index is 0.950. The Hall–Kier alpha value is -6.97. The van der Waals surface area contributed by atoms with Crippen LogP contribution in [-0.2, 0) is 12.8 Å². The first-order chi connectivity index (χ1) is 32.2. The summed E-state index contributed by atoms with van der Waals surface area (Å²) < 4.78 is 2.55. The molecule has 5 atom stereocenters. The Bertz CT molecular complexity index is 3290. The molecule has 316 valence electrons. The molecule has 0 fully saturated rings. The average Bonchev–Trinajstić information content (AvgIpc) is 3.72. The van der Waals surface area contributed by atoms with Gasteiger partial charge in [-0.3, -0.25) is 4.99 Å². The minimum Gasteiger partial charge on any atom is -0.349 e. The van der Waals surface area contributed by atoms with Gasteiger partial charge in [0.05, 0.1) is 11.4 Å². The zero-order chi connectivity index (χ0) is 43.0. The normalized spacial score (nSPS) is 22.5. The van der Waals surface area contributed by atoms with Crippen molar-refractivity contribution in [2.75, 3.05) is 6.54 Å². The fraction of sp³-hybridized carbons (Fsp3) is 0.210. The van der Waals surface area contributed by atoms with E-state index in [4.69, 9.17) is 4.99 Å². The average molecular weight is 840 g/mol. The summed E-state index contributed by atoms with van der Waals surface area (Å²) in [6.45, 7) is 3.19. The molecule has 13 rings (SSSR count). The second-order valence-electron chi connectivity index (χ2n) is 19.0.